The molecule has 5 heteroatoms. The molecule has 0 saturated heterocycles. The van der Waals surface area contributed by atoms with Crippen molar-refractivity contribution in [2.45, 2.75) is 12.8 Å². The second-order valence-corrected chi connectivity index (χ2v) is 4.05. The largest absolute Gasteiger partial charge is 0.493 e. The molecule has 0 aromatic heterocycles. The van der Waals surface area contributed by atoms with Crippen molar-refractivity contribution < 1.29 is 18.3 Å². The Morgan fingerprint density at radius 2 is 2.07 bits per heavy atom. The van der Waals surface area contributed by atoms with E-state index in [0.29, 0.717) is 10.2 Å². The number of methoxy groups -OCH3 is 1. The van der Waals surface area contributed by atoms with Crippen LogP contribution in [0.4, 0.5) is 8.78 Å². The van der Waals surface area contributed by atoms with Crippen LogP contribution >= 0.6 is 15.9 Å². The summed E-state index contributed by atoms with van der Waals surface area (Å²) in [4.78, 5) is 0. The average molecular weight is 281 g/mol. The molecule has 0 aliphatic heterocycles. The van der Waals surface area contributed by atoms with Crippen molar-refractivity contribution >= 4 is 15.9 Å². The van der Waals surface area contributed by atoms with Gasteiger partial charge in [0.15, 0.2) is 18.2 Å². The Hall–Kier alpha value is -0.840. The molecule has 0 aliphatic rings. The van der Waals surface area contributed by atoms with E-state index in [1.54, 1.807) is 12.1 Å². The van der Waals surface area contributed by atoms with Gasteiger partial charge in [-0.05, 0) is 18.2 Å². The Kier molecular flexibility index (Phi) is 3.90. The van der Waals surface area contributed by atoms with Crippen LogP contribution in [0.1, 0.15) is 6.92 Å². The van der Waals surface area contributed by atoms with E-state index in [4.69, 9.17) is 9.47 Å². The van der Waals surface area contributed by atoms with Crippen molar-refractivity contribution in [3.63, 3.8) is 0 Å². The lowest BCUT2D eigenvalue weighted by atomic mass is 10.3. The fourth-order valence-electron chi connectivity index (χ4n) is 0.987. The zero-order valence-electron chi connectivity index (χ0n) is 8.39. The summed E-state index contributed by atoms with van der Waals surface area (Å²) in [5, 5.41) is 0. The molecule has 0 radical (unpaired) electrons. The lowest BCUT2D eigenvalue weighted by Crippen LogP contribution is -2.28. The van der Waals surface area contributed by atoms with Crippen LogP contribution < -0.4 is 9.47 Å². The van der Waals surface area contributed by atoms with Gasteiger partial charge in [-0.3, -0.25) is 0 Å². The van der Waals surface area contributed by atoms with Crippen molar-refractivity contribution in [1.29, 1.82) is 0 Å². The summed E-state index contributed by atoms with van der Waals surface area (Å²) in [5.74, 6) is -1.82. The van der Waals surface area contributed by atoms with Crippen molar-refractivity contribution in [3.05, 3.63) is 22.7 Å². The summed E-state index contributed by atoms with van der Waals surface area (Å²) in [7, 11) is 1.43. The number of ether oxygens (including phenoxy) is 2. The molecule has 1 aromatic rings. The van der Waals surface area contributed by atoms with Crippen LogP contribution in [0.5, 0.6) is 11.5 Å². The van der Waals surface area contributed by atoms with Gasteiger partial charge < -0.3 is 9.47 Å². The fourth-order valence-corrected chi connectivity index (χ4v) is 1.33. The molecule has 1 unspecified atom stereocenters. The number of benzene rings is 1. The minimum Gasteiger partial charge on any atom is -0.493 e. The lowest BCUT2D eigenvalue weighted by molar-refractivity contribution is -0.0636. The third-order valence-corrected chi connectivity index (χ3v) is 2.18. The molecule has 15 heavy (non-hydrogen) atoms. The number of halogens is 3. The first-order valence-electron chi connectivity index (χ1n) is 4.26. The van der Waals surface area contributed by atoms with E-state index in [0.717, 1.165) is 6.92 Å². The molecule has 0 fully saturated rings. The van der Waals surface area contributed by atoms with Crippen molar-refractivity contribution in [2.75, 3.05) is 13.8 Å². The van der Waals surface area contributed by atoms with E-state index in [2.05, 4.69) is 15.9 Å². The van der Waals surface area contributed by atoms with Crippen LogP contribution in [-0.4, -0.2) is 19.6 Å². The molecule has 2 nitrogen and oxygen atoms in total. The molecular weight excluding hydrogens is 270 g/mol. The third-order valence-electron chi connectivity index (χ3n) is 1.69. The normalized spacial score (nSPS) is 14.5. The zero-order valence-corrected chi connectivity index (χ0v) is 9.98. The Balaban J connectivity index is 2.97. The Labute approximate surface area is 95.3 Å². The van der Waals surface area contributed by atoms with E-state index in [1.807, 2.05) is 0 Å². The number of rotatable bonds is 4. The van der Waals surface area contributed by atoms with E-state index >= 15 is 0 Å². The van der Waals surface area contributed by atoms with Crippen molar-refractivity contribution in [2.24, 2.45) is 0 Å². The van der Waals surface area contributed by atoms with Crippen LogP contribution in [0.3, 0.4) is 0 Å². The Bertz CT molecular complexity index is 342. The van der Waals surface area contributed by atoms with Crippen LogP contribution in [0, 0.1) is 0 Å². The average Bonchev–Trinajstić information content (AvgIpc) is 2.18. The third kappa shape index (κ3) is 3.34. The van der Waals surface area contributed by atoms with Gasteiger partial charge in [-0.15, -0.1) is 0 Å². The summed E-state index contributed by atoms with van der Waals surface area (Å²) in [6.07, 6.45) is 0. The predicted octanol–water partition coefficient (Wildman–Crippen LogP) is 3.49. The molecule has 0 heterocycles. The summed E-state index contributed by atoms with van der Waals surface area (Å²) in [5.41, 5.74) is 0. The van der Waals surface area contributed by atoms with Crippen LogP contribution in [0.25, 0.3) is 0 Å². The number of hydrogen-bond donors (Lipinski definition) is 0. The highest BCUT2D eigenvalue weighted by atomic mass is 79.9. The number of alkyl halides is 2. The highest BCUT2D eigenvalue weighted by Gasteiger charge is 2.26. The molecule has 0 bridgehead atoms. The molecule has 1 aromatic carbocycles. The van der Waals surface area contributed by atoms with E-state index in [-0.39, 0.29) is 5.75 Å². The highest BCUT2D eigenvalue weighted by Crippen LogP contribution is 2.33. The topological polar surface area (TPSA) is 18.5 Å². The van der Waals surface area contributed by atoms with Crippen LogP contribution in [0.15, 0.2) is 22.7 Å². The predicted molar refractivity (Wildman–Crippen MR) is 56.8 cm³/mol. The lowest BCUT2D eigenvalue weighted by Gasteiger charge is -2.20. The summed E-state index contributed by atoms with van der Waals surface area (Å²) < 4.78 is 36.0. The van der Waals surface area contributed by atoms with Gasteiger partial charge in [0.05, 0.1) is 7.11 Å². The molecule has 0 saturated carbocycles. The van der Waals surface area contributed by atoms with Gasteiger partial charge in [0, 0.05) is 11.4 Å². The highest BCUT2D eigenvalue weighted by molar-refractivity contribution is 9.10. The molecule has 0 N–H and O–H groups in total. The smallest absolute Gasteiger partial charge is 0.273 e. The van der Waals surface area contributed by atoms with E-state index in [1.165, 1.54) is 13.2 Å². The molecule has 1 atom stereocenters. The van der Waals surface area contributed by atoms with Gasteiger partial charge in [0.1, 0.15) is 0 Å². The van der Waals surface area contributed by atoms with Gasteiger partial charge >= 0.3 is 0 Å². The molecular formula is C10H11BrF2O2. The Morgan fingerprint density at radius 1 is 1.40 bits per heavy atom. The maximum Gasteiger partial charge on any atom is 0.273 e. The van der Waals surface area contributed by atoms with E-state index < -0.39 is 12.5 Å². The number of hydrogen-bond acceptors (Lipinski definition) is 2. The zero-order chi connectivity index (χ0) is 11.5. The molecule has 0 aliphatic carbocycles. The van der Waals surface area contributed by atoms with Gasteiger partial charge in [0.25, 0.3) is 5.85 Å². The van der Waals surface area contributed by atoms with Gasteiger partial charge in [0.2, 0.25) is 0 Å². The summed E-state index contributed by atoms with van der Waals surface area (Å²) in [6, 6.07) is 4.84. The molecule has 0 amide bonds. The first-order valence-corrected chi connectivity index (χ1v) is 5.05. The van der Waals surface area contributed by atoms with Gasteiger partial charge in [-0.25, -0.2) is 4.39 Å². The van der Waals surface area contributed by atoms with Crippen molar-refractivity contribution in [1.82, 2.24) is 0 Å². The summed E-state index contributed by atoms with van der Waals surface area (Å²) in [6.45, 7) is -0.198. The van der Waals surface area contributed by atoms with Gasteiger partial charge in [-0.2, -0.15) is 4.39 Å². The van der Waals surface area contributed by atoms with Crippen molar-refractivity contribution in [3.8, 4) is 11.5 Å². The summed E-state index contributed by atoms with van der Waals surface area (Å²) >= 11 is 3.20. The molecule has 1 rings (SSSR count). The SMILES string of the molecule is COc1ccc(Br)cc1OC(C)(F)CF. The minimum atomic E-state index is -2.34. The standard InChI is InChI=1S/C10H11BrF2O2/c1-10(13,6-12)15-9-5-7(11)3-4-8(9)14-2/h3-5H,6H2,1-2H3. The maximum absolute atomic E-state index is 13.3. The van der Waals surface area contributed by atoms with Crippen LogP contribution in [0.2, 0.25) is 0 Å². The fraction of sp³-hybridized carbons (Fsp3) is 0.400. The molecule has 84 valence electrons. The Morgan fingerprint density at radius 3 is 2.60 bits per heavy atom. The molecule has 0 spiro atoms. The first-order chi connectivity index (χ1) is 6.98. The quantitative estimate of drug-likeness (QED) is 0.841. The van der Waals surface area contributed by atoms with Crippen LogP contribution in [-0.2, 0) is 0 Å². The second kappa shape index (κ2) is 4.79. The monoisotopic (exact) mass is 280 g/mol. The maximum atomic E-state index is 13.3. The van der Waals surface area contributed by atoms with E-state index in [9.17, 15) is 8.78 Å². The second-order valence-electron chi connectivity index (χ2n) is 3.13. The first kappa shape index (κ1) is 12.2. The van der Waals surface area contributed by atoms with Gasteiger partial charge in [-0.1, -0.05) is 15.9 Å². The minimum absolute atomic E-state index is 0.162.